The van der Waals surface area contributed by atoms with Crippen LogP contribution in [0.25, 0.3) is 5.57 Å². The SMILES string of the molecule is CCOc1ccc(NC2=C(c3ccc(C)cc3)C(=O)N(C)C2=O)cc1. The number of nitrogens with one attached hydrogen (secondary N) is 1. The number of carbonyl (C=O) groups excluding carboxylic acids is 2. The Hall–Kier alpha value is -3.08. The highest BCUT2D eigenvalue weighted by Crippen LogP contribution is 2.30. The van der Waals surface area contributed by atoms with Gasteiger partial charge in [-0.3, -0.25) is 14.5 Å². The minimum atomic E-state index is -0.338. The maximum atomic E-state index is 12.5. The first-order valence-electron chi connectivity index (χ1n) is 8.15. The van der Waals surface area contributed by atoms with E-state index in [-0.39, 0.29) is 11.8 Å². The molecule has 5 nitrogen and oxygen atoms in total. The summed E-state index contributed by atoms with van der Waals surface area (Å²) in [5.74, 6) is 0.114. The molecule has 1 aliphatic heterocycles. The fourth-order valence-corrected chi connectivity index (χ4v) is 2.69. The normalized spacial score (nSPS) is 14.3. The number of likely N-dealkylation sites (N-methyl/N-ethyl adjacent to an activating group) is 1. The summed E-state index contributed by atoms with van der Waals surface area (Å²) in [7, 11) is 1.49. The van der Waals surface area contributed by atoms with Crippen molar-refractivity contribution >= 4 is 23.1 Å². The number of aryl methyl sites for hydroxylation is 1. The van der Waals surface area contributed by atoms with Gasteiger partial charge in [0.15, 0.2) is 0 Å². The van der Waals surface area contributed by atoms with Gasteiger partial charge < -0.3 is 10.1 Å². The van der Waals surface area contributed by atoms with Crippen molar-refractivity contribution in [3.63, 3.8) is 0 Å². The highest BCUT2D eigenvalue weighted by atomic mass is 16.5. The fourth-order valence-electron chi connectivity index (χ4n) is 2.69. The summed E-state index contributed by atoms with van der Waals surface area (Å²) < 4.78 is 5.42. The molecule has 3 rings (SSSR count). The molecule has 0 aliphatic carbocycles. The van der Waals surface area contributed by atoms with Crippen molar-refractivity contribution in [2.45, 2.75) is 13.8 Å². The number of rotatable bonds is 5. The van der Waals surface area contributed by atoms with Crippen molar-refractivity contribution in [2.75, 3.05) is 19.0 Å². The van der Waals surface area contributed by atoms with Gasteiger partial charge in [0, 0.05) is 12.7 Å². The van der Waals surface area contributed by atoms with Gasteiger partial charge in [0.25, 0.3) is 11.8 Å². The Morgan fingerprint density at radius 3 is 2.20 bits per heavy atom. The highest BCUT2D eigenvalue weighted by molar-refractivity contribution is 6.36. The predicted octanol–water partition coefficient (Wildman–Crippen LogP) is 3.22. The molecule has 25 heavy (non-hydrogen) atoms. The van der Waals surface area contributed by atoms with Crippen molar-refractivity contribution < 1.29 is 14.3 Å². The molecule has 2 aromatic rings. The fraction of sp³-hybridized carbons (Fsp3) is 0.200. The summed E-state index contributed by atoms with van der Waals surface area (Å²) in [4.78, 5) is 26.2. The zero-order valence-electron chi connectivity index (χ0n) is 14.5. The van der Waals surface area contributed by atoms with Crippen LogP contribution in [0.15, 0.2) is 54.2 Å². The summed E-state index contributed by atoms with van der Waals surface area (Å²) in [5.41, 5.74) is 3.22. The second kappa shape index (κ2) is 6.81. The first kappa shape index (κ1) is 16.8. The lowest BCUT2D eigenvalue weighted by molar-refractivity contribution is -0.135. The Kier molecular flexibility index (Phi) is 4.57. The molecule has 0 radical (unpaired) electrons. The molecule has 128 valence electrons. The topological polar surface area (TPSA) is 58.6 Å². The van der Waals surface area contributed by atoms with Crippen LogP contribution < -0.4 is 10.1 Å². The van der Waals surface area contributed by atoms with Crippen LogP contribution in [0.4, 0.5) is 5.69 Å². The summed E-state index contributed by atoms with van der Waals surface area (Å²) in [5, 5.41) is 3.10. The van der Waals surface area contributed by atoms with E-state index in [9.17, 15) is 9.59 Å². The summed E-state index contributed by atoms with van der Waals surface area (Å²) in [6, 6.07) is 14.8. The molecule has 0 fully saturated rings. The van der Waals surface area contributed by atoms with Crippen molar-refractivity contribution in [3.05, 3.63) is 65.4 Å². The number of carbonyl (C=O) groups is 2. The average molecular weight is 336 g/mol. The van der Waals surface area contributed by atoms with Crippen molar-refractivity contribution in [3.8, 4) is 5.75 Å². The summed E-state index contributed by atoms with van der Waals surface area (Å²) in [6.07, 6.45) is 0. The molecular formula is C20H20N2O3. The molecule has 2 amide bonds. The zero-order chi connectivity index (χ0) is 18.0. The third kappa shape index (κ3) is 3.26. The highest BCUT2D eigenvalue weighted by Gasteiger charge is 2.36. The van der Waals surface area contributed by atoms with E-state index in [1.165, 1.54) is 7.05 Å². The molecule has 0 unspecified atom stereocenters. The number of amides is 2. The average Bonchev–Trinajstić information content (AvgIpc) is 2.82. The Morgan fingerprint density at radius 2 is 1.60 bits per heavy atom. The van der Waals surface area contributed by atoms with Crippen LogP contribution in [0.3, 0.4) is 0 Å². The van der Waals surface area contributed by atoms with Crippen molar-refractivity contribution in [1.82, 2.24) is 4.90 Å². The van der Waals surface area contributed by atoms with E-state index >= 15 is 0 Å². The smallest absolute Gasteiger partial charge is 0.277 e. The Morgan fingerprint density at radius 1 is 0.960 bits per heavy atom. The van der Waals surface area contributed by atoms with Crippen molar-refractivity contribution in [2.24, 2.45) is 0 Å². The number of ether oxygens (including phenoxy) is 1. The van der Waals surface area contributed by atoms with E-state index in [0.717, 1.165) is 27.5 Å². The number of hydrogen-bond acceptors (Lipinski definition) is 4. The van der Waals surface area contributed by atoms with Crippen LogP contribution in [0, 0.1) is 6.92 Å². The Balaban J connectivity index is 1.97. The van der Waals surface area contributed by atoms with Crippen LogP contribution in [-0.4, -0.2) is 30.4 Å². The minimum Gasteiger partial charge on any atom is -0.494 e. The van der Waals surface area contributed by atoms with Gasteiger partial charge in [-0.1, -0.05) is 29.8 Å². The van der Waals surface area contributed by atoms with Crippen LogP contribution >= 0.6 is 0 Å². The van der Waals surface area contributed by atoms with Crippen molar-refractivity contribution in [1.29, 1.82) is 0 Å². The second-order valence-corrected chi connectivity index (χ2v) is 5.87. The van der Waals surface area contributed by atoms with E-state index in [2.05, 4.69) is 5.32 Å². The van der Waals surface area contributed by atoms with Gasteiger partial charge in [-0.05, 0) is 43.7 Å². The number of nitrogens with zero attached hydrogens (tertiary/aromatic N) is 1. The van der Waals surface area contributed by atoms with Gasteiger partial charge in [-0.2, -0.15) is 0 Å². The van der Waals surface area contributed by atoms with Gasteiger partial charge >= 0.3 is 0 Å². The van der Waals surface area contributed by atoms with Crippen LogP contribution in [0.2, 0.25) is 0 Å². The number of hydrogen-bond donors (Lipinski definition) is 1. The molecule has 0 saturated heterocycles. The van der Waals surface area contributed by atoms with E-state index < -0.39 is 0 Å². The molecule has 5 heteroatoms. The lowest BCUT2D eigenvalue weighted by Crippen LogP contribution is -2.27. The van der Waals surface area contributed by atoms with Crippen LogP contribution in [-0.2, 0) is 9.59 Å². The third-order valence-electron chi connectivity index (χ3n) is 4.06. The second-order valence-electron chi connectivity index (χ2n) is 5.87. The zero-order valence-corrected chi connectivity index (χ0v) is 14.5. The Labute approximate surface area is 146 Å². The lowest BCUT2D eigenvalue weighted by atomic mass is 10.0. The molecule has 0 bridgehead atoms. The van der Waals surface area contributed by atoms with Gasteiger partial charge in [-0.15, -0.1) is 0 Å². The Bertz CT molecular complexity index is 836. The first-order valence-corrected chi connectivity index (χ1v) is 8.15. The molecule has 0 aromatic heterocycles. The van der Waals surface area contributed by atoms with Gasteiger partial charge in [0.2, 0.25) is 0 Å². The maximum absolute atomic E-state index is 12.5. The largest absolute Gasteiger partial charge is 0.494 e. The molecule has 0 saturated carbocycles. The number of imide groups is 1. The molecular weight excluding hydrogens is 316 g/mol. The van der Waals surface area contributed by atoms with E-state index in [1.54, 1.807) is 0 Å². The monoisotopic (exact) mass is 336 g/mol. The van der Waals surface area contributed by atoms with E-state index in [0.29, 0.717) is 17.9 Å². The van der Waals surface area contributed by atoms with Crippen LogP contribution in [0.5, 0.6) is 5.75 Å². The molecule has 1 aliphatic rings. The van der Waals surface area contributed by atoms with Gasteiger partial charge in [-0.25, -0.2) is 0 Å². The minimum absolute atomic E-state index is 0.292. The molecule has 0 atom stereocenters. The van der Waals surface area contributed by atoms with Crippen LogP contribution in [0.1, 0.15) is 18.1 Å². The molecule has 1 heterocycles. The molecule has 2 aromatic carbocycles. The lowest BCUT2D eigenvalue weighted by Gasteiger charge is -2.10. The van der Waals surface area contributed by atoms with E-state index in [1.807, 2.05) is 62.4 Å². The standard InChI is InChI=1S/C20H20N2O3/c1-4-25-16-11-9-15(10-12-16)21-18-17(19(23)22(3)20(18)24)14-7-5-13(2)6-8-14/h5-12,21H,4H2,1-3H3. The first-order chi connectivity index (χ1) is 12.0. The summed E-state index contributed by atoms with van der Waals surface area (Å²) in [6.45, 7) is 4.49. The number of anilines is 1. The quantitative estimate of drug-likeness (QED) is 0.852. The third-order valence-corrected chi connectivity index (χ3v) is 4.06. The van der Waals surface area contributed by atoms with Gasteiger partial charge in [0.05, 0.1) is 12.2 Å². The molecule has 1 N–H and O–H groups in total. The van der Waals surface area contributed by atoms with E-state index in [4.69, 9.17) is 4.74 Å². The molecule has 0 spiro atoms. The van der Waals surface area contributed by atoms with Gasteiger partial charge in [0.1, 0.15) is 11.4 Å². The predicted molar refractivity (Wildman–Crippen MR) is 97.1 cm³/mol. The number of benzene rings is 2. The maximum Gasteiger partial charge on any atom is 0.277 e. The summed E-state index contributed by atoms with van der Waals surface area (Å²) >= 11 is 0.